The number of fused-ring (bicyclic) bond motifs is 2. The third kappa shape index (κ3) is 1.86. The molecule has 4 heteroatoms. The summed E-state index contributed by atoms with van der Waals surface area (Å²) in [5, 5.41) is 0. The van der Waals surface area contributed by atoms with Crippen molar-refractivity contribution in [2.75, 3.05) is 0 Å². The molecule has 0 aromatic rings. The Kier molecular flexibility index (Phi) is 3.45. The largest absolute Gasteiger partial charge is 0.525 e. The second-order valence-electron chi connectivity index (χ2n) is 9.01. The van der Waals surface area contributed by atoms with Crippen LogP contribution in [0.15, 0.2) is 11.3 Å². The van der Waals surface area contributed by atoms with Gasteiger partial charge in [0.2, 0.25) is 0 Å². The van der Waals surface area contributed by atoms with Crippen LogP contribution in [0, 0.1) is 16.7 Å². The van der Waals surface area contributed by atoms with Gasteiger partial charge in [-0.1, -0.05) is 20.8 Å². The van der Waals surface area contributed by atoms with Crippen molar-refractivity contribution in [3.05, 3.63) is 11.3 Å². The Morgan fingerprint density at radius 2 is 1.68 bits per heavy atom. The molecule has 1 aliphatic heterocycles. The van der Waals surface area contributed by atoms with Crippen LogP contribution < -0.4 is 0 Å². The quantitative estimate of drug-likeness (QED) is 0.662. The van der Waals surface area contributed by atoms with Crippen molar-refractivity contribution in [1.29, 1.82) is 0 Å². The number of hydrogen-bond donors (Lipinski definition) is 0. The maximum atomic E-state index is 15.4. The molecule has 1 saturated heterocycles. The lowest BCUT2D eigenvalue weighted by Crippen LogP contribution is -2.41. The van der Waals surface area contributed by atoms with Gasteiger partial charge in [-0.05, 0) is 75.7 Å². The molecular weight excluding hydrogens is 278 g/mol. The van der Waals surface area contributed by atoms with Gasteiger partial charge in [-0.2, -0.15) is 0 Å². The van der Waals surface area contributed by atoms with Gasteiger partial charge >= 0.3 is 7.12 Å². The van der Waals surface area contributed by atoms with E-state index in [4.69, 9.17) is 9.31 Å². The van der Waals surface area contributed by atoms with Crippen LogP contribution in [0.3, 0.4) is 0 Å². The van der Waals surface area contributed by atoms with E-state index in [0.29, 0.717) is 5.92 Å². The molecule has 2 aliphatic carbocycles. The first kappa shape index (κ1) is 16.5. The highest BCUT2D eigenvalue weighted by Gasteiger charge is 2.63. The van der Waals surface area contributed by atoms with Gasteiger partial charge < -0.3 is 9.31 Å². The summed E-state index contributed by atoms with van der Waals surface area (Å²) < 4.78 is 27.3. The Labute approximate surface area is 135 Å². The number of halogens is 1. The van der Waals surface area contributed by atoms with Crippen molar-refractivity contribution < 1.29 is 13.7 Å². The molecule has 0 amide bonds. The van der Waals surface area contributed by atoms with Crippen molar-refractivity contribution in [3.8, 4) is 0 Å². The first-order valence-electron chi connectivity index (χ1n) is 8.73. The molecule has 0 aromatic carbocycles. The molecule has 0 spiro atoms. The number of hydrogen-bond acceptors (Lipinski definition) is 2. The summed E-state index contributed by atoms with van der Waals surface area (Å²) in [6.45, 7) is 14.7. The molecule has 3 aliphatic rings. The average molecular weight is 308 g/mol. The van der Waals surface area contributed by atoms with Crippen LogP contribution in [-0.4, -0.2) is 18.3 Å². The zero-order valence-electron chi connectivity index (χ0n) is 15.2. The van der Waals surface area contributed by atoms with Crippen LogP contribution in [0.4, 0.5) is 4.39 Å². The molecule has 3 rings (SSSR count). The Hall–Kier alpha value is -0.345. The smallest absolute Gasteiger partial charge is 0.398 e. The first-order valence-corrected chi connectivity index (χ1v) is 8.73. The van der Waals surface area contributed by atoms with Crippen LogP contribution in [-0.2, 0) is 9.31 Å². The molecule has 0 N–H and O–H groups in total. The fourth-order valence-electron chi connectivity index (χ4n) is 5.09. The lowest BCUT2D eigenvalue weighted by Gasteiger charge is -2.39. The summed E-state index contributed by atoms with van der Waals surface area (Å²) in [4.78, 5) is 0. The molecule has 2 bridgehead atoms. The molecular formula is C18H30BFO2. The Morgan fingerprint density at radius 3 is 2.14 bits per heavy atom. The van der Waals surface area contributed by atoms with Gasteiger partial charge in [-0.3, -0.25) is 0 Å². The van der Waals surface area contributed by atoms with Gasteiger partial charge in [-0.15, -0.1) is 0 Å². The Balaban J connectivity index is 1.99. The van der Waals surface area contributed by atoms with E-state index in [-0.39, 0.29) is 16.6 Å². The summed E-state index contributed by atoms with van der Waals surface area (Å²) >= 11 is 0. The van der Waals surface area contributed by atoms with Gasteiger partial charge in [0.25, 0.3) is 0 Å². The molecule has 1 heterocycles. The molecule has 0 radical (unpaired) electrons. The van der Waals surface area contributed by atoms with E-state index in [1.54, 1.807) is 0 Å². The number of allylic oxidation sites excluding steroid dienone is 1. The molecule has 0 aromatic heterocycles. The lowest BCUT2D eigenvalue weighted by atomic mass is 9.64. The standard InChI is InChI=1S/C18H30BFO2/c1-8-18-10-9-12(15(18,2)3)11-13(18)14(20)19-21-16(4,5)17(6,7)22-19/h12H,8-11H2,1-7H3. The zero-order chi connectivity index (χ0) is 16.6. The van der Waals surface area contributed by atoms with E-state index in [2.05, 4.69) is 20.8 Å². The second kappa shape index (κ2) is 4.60. The molecule has 2 nitrogen and oxygen atoms in total. The highest BCUT2D eigenvalue weighted by atomic mass is 19.1. The first-order chi connectivity index (χ1) is 9.98. The van der Waals surface area contributed by atoms with Gasteiger partial charge in [0.15, 0.2) is 0 Å². The van der Waals surface area contributed by atoms with E-state index in [1.165, 1.54) is 6.42 Å². The predicted octanol–water partition coefficient (Wildman–Crippen LogP) is 5.08. The second-order valence-corrected chi connectivity index (χ2v) is 9.01. The summed E-state index contributed by atoms with van der Waals surface area (Å²) in [6.07, 6.45) is 4.19. The summed E-state index contributed by atoms with van der Waals surface area (Å²) in [5.74, 6) is 0.593. The van der Waals surface area contributed by atoms with E-state index >= 15 is 4.39 Å². The summed E-state index contributed by atoms with van der Waals surface area (Å²) in [5.41, 5.74) is 0.0404. The van der Waals surface area contributed by atoms with Crippen molar-refractivity contribution in [1.82, 2.24) is 0 Å². The van der Waals surface area contributed by atoms with Gasteiger partial charge in [-0.25, -0.2) is 4.39 Å². The maximum absolute atomic E-state index is 15.4. The van der Waals surface area contributed by atoms with Gasteiger partial charge in [0.1, 0.15) is 5.73 Å². The SMILES string of the molecule is CCC12CCC(CC1=C(F)B1OC(C)(C)C(C)(C)O1)C2(C)C. The van der Waals surface area contributed by atoms with E-state index < -0.39 is 18.3 Å². The van der Waals surface area contributed by atoms with E-state index in [0.717, 1.165) is 24.8 Å². The monoisotopic (exact) mass is 308 g/mol. The number of rotatable bonds is 2. The van der Waals surface area contributed by atoms with Crippen LogP contribution >= 0.6 is 0 Å². The summed E-state index contributed by atoms with van der Waals surface area (Å²) in [7, 11) is -0.835. The molecule has 2 unspecified atom stereocenters. The van der Waals surface area contributed by atoms with Crippen molar-refractivity contribution in [2.24, 2.45) is 16.7 Å². The highest BCUT2D eigenvalue weighted by Crippen LogP contribution is 2.70. The zero-order valence-corrected chi connectivity index (χ0v) is 15.2. The van der Waals surface area contributed by atoms with Crippen LogP contribution in [0.1, 0.15) is 74.1 Å². The Bertz CT molecular complexity index is 507. The minimum absolute atomic E-state index is 0.00859. The minimum atomic E-state index is -0.835. The maximum Gasteiger partial charge on any atom is 0.525 e. The fourth-order valence-corrected chi connectivity index (χ4v) is 5.09. The average Bonchev–Trinajstić information content (AvgIpc) is 2.89. The van der Waals surface area contributed by atoms with Crippen molar-refractivity contribution >= 4 is 7.12 Å². The Morgan fingerprint density at radius 1 is 1.14 bits per heavy atom. The normalized spacial score (nSPS) is 40.4. The molecule has 3 fully saturated rings. The third-order valence-electron chi connectivity index (χ3n) is 7.55. The van der Waals surface area contributed by atoms with E-state index in [1.807, 2.05) is 27.7 Å². The molecule has 22 heavy (non-hydrogen) atoms. The molecule has 2 saturated carbocycles. The van der Waals surface area contributed by atoms with E-state index in [9.17, 15) is 0 Å². The van der Waals surface area contributed by atoms with Crippen LogP contribution in [0.25, 0.3) is 0 Å². The van der Waals surface area contributed by atoms with Crippen molar-refractivity contribution in [3.63, 3.8) is 0 Å². The summed E-state index contributed by atoms with van der Waals surface area (Å²) in [6, 6.07) is 0. The van der Waals surface area contributed by atoms with Crippen LogP contribution in [0.2, 0.25) is 0 Å². The van der Waals surface area contributed by atoms with Crippen molar-refractivity contribution in [2.45, 2.75) is 85.4 Å². The predicted molar refractivity (Wildman–Crippen MR) is 88.1 cm³/mol. The van der Waals surface area contributed by atoms with Crippen LogP contribution in [0.5, 0.6) is 0 Å². The topological polar surface area (TPSA) is 18.5 Å². The highest BCUT2D eigenvalue weighted by molar-refractivity contribution is 6.54. The minimum Gasteiger partial charge on any atom is -0.398 e. The molecule has 124 valence electrons. The third-order valence-corrected chi connectivity index (χ3v) is 7.55. The molecule has 2 atom stereocenters. The van der Waals surface area contributed by atoms with Gasteiger partial charge in [0, 0.05) is 0 Å². The van der Waals surface area contributed by atoms with Gasteiger partial charge in [0.05, 0.1) is 11.2 Å². The lowest BCUT2D eigenvalue weighted by molar-refractivity contribution is 0.00578. The fraction of sp³-hybridized carbons (Fsp3) is 0.889.